The minimum absolute atomic E-state index is 0.0847. The lowest BCUT2D eigenvalue weighted by Crippen LogP contribution is -2.22. The first-order valence-corrected chi connectivity index (χ1v) is 7.24. The molecule has 0 bridgehead atoms. The third-order valence-corrected chi connectivity index (χ3v) is 3.88. The van der Waals surface area contributed by atoms with Gasteiger partial charge in [0.2, 0.25) is 10.0 Å². The zero-order chi connectivity index (χ0) is 14.8. The molecule has 0 atom stereocenters. The molecule has 0 amide bonds. The molecule has 0 heterocycles. The normalized spacial score (nSPS) is 11.1. The summed E-state index contributed by atoms with van der Waals surface area (Å²) >= 11 is 3.05. The Morgan fingerprint density at radius 3 is 2.58 bits per heavy atom. The van der Waals surface area contributed by atoms with Crippen molar-refractivity contribution in [2.75, 3.05) is 10.5 Å². The van der Waals surface area contributed by atoms with Gasteiger partial charge in [0.05, 0.1) is 10.6 Å². The summed E-state index contributed by atoms with van der Waals surface area (Å²) in [6.45, 7) is 1.50. The molecule has 1 aromatic carbocycles. The first-order valence-electron chi connectivity index (χ1n) is 4.79. The number of sulfonamides is 1. The molecule has 0 fully saturated rings. The molecule has 2 N–H and O–H groups in total. The molecule has 8 nitrogen and oxygen atoms in total. The predicted octanol–water partition coefficient (Wildman–Crippen LogP) is 1.49. The number of nitrogens with one attached hydrogen (secondary N) is 1. The van der Waals surface area contributed by atoms with Crippen LogP contribution in [0, 0.1) is 17.0 Å². The van der Waals surface area contributed by atoms with Crippen molar-refractivity contribution in [1.29, 1.82) is 0 Å². The highest BCUT2D eigenvalue weighted by Gasteiger charge is 2.20. The van der Waals surface area contributed by atoms with E-state index in [1.54, 1.807) is 0 Å². The Kier molecular flexibility index (Phi) is 4.48. The Hall–Kier alpha value is -1.68. The van der Waals surface area contributed by atoms with Gasteiger partial charge < -0.3 is 5.11 Å². The van der Waals surface area contributed by atoms with Crippen LogP contribution in [0.25, 0.3) is 0 Å². The number of aryl methyl sites for hydroxylation is 1. The Labute approximate surface area is 116 Å². The summed E-state index contributed by atoms with van der Waals surface area (Å²) in [4.78, 5) is 20.5. The molecule has 0 radical (unpaired) electrons. The Morgan fingerprint density at radius 2 is 2.11 bits per heavy atom. The van der Waals surface area contributed by atoms with E-state index in [9.17, 15) is 23.3 Å². The van der Waals surface area contributed by atoms with E-state index in [0.717, 1.165) is 6.07 Å². The van der Waals surface area contributed by atoms with Crippen molar-refractivity contribution in [2.24, 2.45) is 0 Å². The van der Waals surface area contributed by atoms with Crippen LogP contribution in [0.5, 0.6) is 0 Å². The number of nitro benzene ring substituents is 1. The second kappa shape index (κ2) is 5.53. The first kappa shape index (κ1) is 15.4. The average molecular weight is 353 g/mol. The number of hydrogen-bond donors (Lipinski definition) is 2. The van der Waals surface area contributed by atoms with E-state index >= 15 is 0 Å². The molecule has 104 valence electrons. The van der Waals surface area contributed by atoms with Gasteiger partial charge in [-0.25, -0.2) is 8.42 Å². The number of halogens is 1. The highest BCUT2D eigenvalue weighted by molar-refractivity contribution is 9.10. The SMILES string of the molecule is Cc1cc(Br)c(NS(=O)(=O)CC(=O)O)cc1[N+](=O)[O-]. The molecule has 0 aliphatic carbocycles. The van der Waals surface area contributed by atoms with E-state index in [1.807, 2.05) is 4.72 Å². The van der Waals surface area contributed by atoms with E-state index < -0.39 is 26.7 Å². The first-order chi connectivity index (χ1) is 8.62. The molecular formula is C9H9BrN2O6S. The van der Waals surface area contributed by atoms with E-state index in [1.165, 1.54) is 13.0 Å². The molecule has 0 aliphatic heterocycles. The van der Waals surface area contributed by atoms with Gasteiger partial charge in [-0.15, -0.1) is 0 Å². The highest BCUT2D eigenvalue weighted by Crippen LogP contribution is 2.31. The molecule has 0 aromatic heterocycles. The van der Waals surface area contributed by atoms with Crippen molar-refractivity contribution >= 4 is 43.3 Å². The summed E-state index contributed by atoms with van der Waals surface area (Å²) in [6, 6.07) is 2.40. The van der Waals surface area contributed by atoms with E-state index in [2.05, 4.69) is 15.9 Å². The van der Waals surface area contributed by atoms with Crippen LogP contribution in [0.4, 0.5) is 11.4 Å². The second-order valence-corrected chi connectivity index (χ2v) is 6.21. The second-order valence-electron chi connectivity index (χ2n) is 3.63. The molecule has 1 aromatic rings. The minimum atomic E-state index is -4.11. The van der Waals surface area contributed by atoms with Crippen LogP contribution < -0.4 is 4.72 Å². The standard InChI is InChI=1S/C9H9BrN2O6S/c1-5-2-6(10)7(3-8(5)12(15)16)11-19(17,18)4-9(13)14/h2-3,11H,4H2,1H3,(H,13,14). The zero-order valence-electron chi connectivity index (χ0n) is 9.58. The van der Waals surface area contributed by atoms with Crippen molar-refractivity contribution in [3.05, 3.63) is 32.3 Å². The Balaban J connectivity index is 3.18. The predicted molar refractivity (Wildman–Crippen MR) is 70.6 cm³/mol. The molecule has 0 saturated heterocycles. The fourth-order valence-corrected chi connectivity index (χ4v) is 2.89. The minimum Gasteiger partial charge on any atom is -0.480 e. The molecule has 10 heteroatoms. The summed E-state index contributed by atoms with van der Waals surface area (Å²) in [5.74, 6) is -2.65. The van der Waals surface area contributed by atoms with E-state index in [4.69, 9.17) is 5.11 Å². The lowest BCUT2D eigenvalue weighted by atomic mass is 10.2. The lowest BCUT2D eigenvalue weighted by molar-refractivity contribution is -0.385. The topological polar surface area (TPSA) is 127 Å². The molecule has 0 aliphatic rings. The van der Waals surface area contributed by atoms with Gasteiger partial charge in [-0.2, -0.15) is 0 Å². The van der Waals surface area contributed by atoms with Crippen molar-refractivity contribution in [3.8, 4) is 0 Å². The fraction of sp³-hybridized carbons (Fsp3) is 0.222. The third-order valence-electron chi connectivity index (χ3n) is 2.06. The number of nitro groups is 1. The molecule has 19 heavy (non-hydrogen) atoms. The molecule has 0 unspecified atom stereocenters. The summed E-state index contributed by atoms with van der Waals surface area (Å²) < 4.78 is 25.2. The van der Waals surface area contributed by atoms with Crippen LogP contribution >= 0.6 is 15.9 Å². The quantitative estimate of drug-likeness (QED) is 0.610. The van der Waals surface area contributed by atoms with Crippen molar-refractivity contribution < 1.29 is 23.2 Å². The molecular weight excluding hydrogens is 344 g/mol. The fourth-order valence-electron chi connectivity index (χ4n) is 1.30. The van der Waals surface area contributed by atoms with Gasteiger partial charge in [-0.3, -0.25) is 19.6 Å². The number of anilines is 1. The van der Waals surface area contributed by atoms with E-state index in [-0.39, 0.29) is 15.8 Å². The number of carboxylic acids is 1. The summed E-state index contributed by atoms with van der Waals surface area (Å²) in [6.07, 6.45) is 0. The molecule has 0 saturated carbocycles. The number of benzene rings is 1. The Bertz CT molecular complexity index is 642. The Morgan fingerprint density at radius 1 is 1.53 bits per heavy atom. The molecule has 0 spiro atoms. The van der Waals surface area contributed by atoms with Crippen LogP contribution in [0.15, 0.2) is 16.6 Å². The number of hydrogen-bond acceptors (Lipinski definition) is 5. The monoisotopic (exact) mass is 352 g/mol. The van der Waals surface area contributed by atoms with Gasteiger partial charge >= 0.3 is 5.97 Å². The van der Waals surface area contributed by atoms with Gasteiger partial charge in [-0.1, -0.05) is 0 Å². The zero-order valence-corrected chi connectivity index (χ0v) is 12.0. The molecule has 1 rings (SSSR count). The largest absolute Gasteiger partial charge is 0.480 e. The third kappa shape index (κ3) is 4.17. The van der Waals surface area contributed by atoms with Crippen molar-refractivity contribution in [3.63, 3.8) is 0 Å². The number of nitrogens with zero attached hydrogens (tertiary/aromatic N) is 1. The van der Waals surface area contributed by atoms with Crippen LogP contribution in [-0.4, -0.2) is 30.2 Å². The van der Waals surface area contributed by atoms with Gasteiger partial charge in [0.25, 0.3) is 5.69 Å². The number of rotatable bonds is 5. The highest BCUT2D eigenvalue weighted by atomic mass is 79.9. The van der Waals surface area contributed by atoms with Gasteiger partial charge in [-0.05, 0) is 28.9 Å². The van der Waals surface area contributed by atoms with Crippen LogP contribution in [0.3, 0.4) is 0 Å². The van der Waals surface area contributed by atoms with Crippen molar-refractivity contribution in [1.82, 2.24) is 0 Å². The number of carboxylic acid groups (broad SMARTS) is 1. The van der Waals surface area contributed by atoms with E-state index in [0.29, 0.717) is 5.56 Å². The average Bonchev–Trinajstić information content (AvgIpc) is 2.19. The number of carbonyl (C=O) groups is 1. The van der Waals surface area contributed by atoms with Crippen LogP contribution in [0.2, 0.25) is 0 Å². The smallest absolute Gasteiger partial charge is 0.320 e. The maximum atomic E-state index is 11.4. The maximum Gasteiger partial charge on any atom is 0.320 e. The van der Waals surface area contributed by atoms with Gasteiger partial charge in [0.15, 0.2) is 5.75 Å². The van der Waals surface area contributed by atoms with Crippen molar-refractivity contribution in [2.45, 2.75) is 6.92 Å². The van der Waals surface area contributed by atoms with Crippen LogP contribution in [0.1, 0.15) is 5.56 Å². The summed E-state index contributed by atoms with van der Waals surface area (Å²) in [5, 5.41) is 19.2. The van der Waals surface area contributed by atoms with Crippen LogP contribution in [-0.2, 0) is 14.8 Å². The maximum absolute atomic E-state index is 11.4. The van der Waals surface area contributed by atoms with Gasteiger partial charge in [0, 0.05) is 16.1 Å². The lowest BCUT2D eigenvalue weighted by Gasteiger charge is -2.09. The number of aliphatic carboxylic acids is 1. The summed E-state index contributed by atoms with van der Waals surface area (Å²) in [7, 11) is -4.11. The summed E-state index contributed by atoms with van der Waals surface area (Å²) in [5.41, 5.74) is -0.00664. The van der Waals surface area contributed by atoms with Gasteiger partial charge in [0.1, 0.15) is 0 Å².